The van der Waals surface area contributed by atoms with Crippen molar-refractivity contribution in [1.29, 1.82) is 0 Å². The second-order valence-electron chi connectivity index (χ2n) is 11.8. The Hall–Kier alpha value is -5.69. The van der Waals surface area contributed by atoms with Gasteiger partial charge in [-0.05, 0) is 78.7 Å². The lowest BCUT2D eigenvalue weighted by molar-refractivity contribution is 0.993. The van der Waals surface area contributed by atoms with Crippen LogP contribution >= 0.6 is 22.7 Å². The van der Waals surface area contributed by atoms with E-state index in [1.807, 2.05) is 35.8 Å². The van der Waals surface area contributed by atoms with Gasteiger partial charge in [0.25, 0.3) is 0 Å². The molecule has 0 bridgehead atoms. The first-order chi connectivity index (χ1) is 23.8. The maximum absolute atomic E-state index is 4.75. The number of hydrogen-bond donors (Lipinski definition) is 1. The van der Waals surface area contributed by atoms with Crippen molar-refractivity contribution in [3.8, 4) is 43.8 Å². The molecular formula is C42H28N4S2. The molecule has 0 aliphatic carbocycles. The summed E-state index contributed by atoms with van der Waals surface area (Å²) in [6.45, 7) is 0.742. The maximum Gasteiger partial charge on any atom is 0.0797 e. The van der Waals surface area contributed by atoms with Gasteiger partial charge in [0.15, 0.2) is 0 Å². The highest BCUT2D eigenvalue weighted by Gasteiger charge is 2.21. The highest BCUT2D eigenvalue weighted by Crippen LogP contribution is 2.44. The number of dihydropyridines is 1. The quantitative estimate of drug-likeness (QED) is 0.182. The number of rotatable bonds is 6. The van der Waals surface area contributed by atoms with Crippen molar-refractivity contribution in [1.82, 2.24) is 20.3 Å². The van der Waals surface area contributed by atoms with Crippen LogP contribution < -0.4 is 5.32 Å². The average Bonchev–Trinajstić information content (AvgIpc) is 3.90. The molecule has 1 aliphatic rings. The molecule has 228 valence electrons. The number of benzene rings is 5. The molecule has 48 heavy (non-hydrogen) atoms. The van der Waals surface area contributed by atoms with Crippen molar-refractivity contribution in [3.63, 3.8) is 0 Å². The largest absolute Gasteiger partial charge is 0.386 e. The van der Waals surface area contributed by atoms with E-state index >= 15 is 0 Å². The third-order valence-corrected chi connectivity index (χ3v) is 10.7. The van der Waals surface area contributed by atoms with Gasteiger partial charge in [0.1, 0.15) is 0 Å². The summed E-state index contributed by atoms with van der Waals surface area (Å²) in [6, 6.07) is 37.5. The van der Waals surface area contributed by atoms with E-state index < -0.39 is 0 Å². The average molecular weight is 653 g/mol. The van der Waals surface area contributed by atoms with E-state index in [-0.39, 0.29) is 0 Å². The Labute approximate surface area is 286 Å². The molecule has 0 saturated carbocycles. The van der Waals surface area contributed by atoms with Gasteiger partial charge in [-0.15, -0.1) is 22.7 Å². The number of nitrogens with one attached hydrogen (secondary N) is 1. The van der Waals surface area contributed by atoms with Crippen molar-refractivity contribution in [2.75, 3.05) is 6.54 Å². The van der Waals surface area contributed by atoms with Crippen LogP contribution in [0.25, 0.3) is 76.5 Å². The van der Waals surface area contributed by atoms with Gasteiger partial charge < -0.3 is 5.32 Å². The lowest BCUT2D eigenvalue weighted by Gasteiger charge is -2.22. The van der Waals surface area contributed by atoms with Gasteiger partial charge in [0.2, 0.25) is 0 Å². The molecule has 0 spiro atoms. The second-order valence-corrected chi connectivity index (χ2v) is 13.6. The Morgan fingerprint density at radius 3 is 1.85 bits per heavy atom. The summed E-state index contributed by atoms with van der Waals surface area (Å²) in [5.41, 5.74) is 15.6. The number of fused-ring (bicyclic) bond motifs is 2. The third-order valence-electron chi connectivity index (χ3n) is 9.01. The van der Waals surface area contributed by atoms with E-state index in [2.05, 4.69) is 131 Å². The van der Waals surface area contributed by atoms with Crippen LogP contribution in [0.15, 0.2) is 151 Å². The van der Waals surface area contributed by atoms with Crippen molar-refractivity contribution in [2.24, 2.45) is 0 Å². The topological polar surface area (TPSA) is 50.7 Å². The summed E-state index contributed by atoms with van der Waals surface area (Å²) in [7, 11) is 0. The molecule has 4 heterocycles. The molecule has 5 aromatic carbocycles. The van der Waals surface area contributed by atoms with E-state index in [4.69, 9.17) is 4.98 Å². The summed E-state index contributed by atoms with van der Waals surface area (Å²) >= 11 is 3.29. The first-order valence-corrected chi connectivity index (χ1v) is 17.6. The maximum atomic E-state index is 4.75. The summed E-state index contributed by atoms with van der Waals surface area (Å²) in [5.74, 6) is 0. The molecule has 1 N–H and O–H groups in total. The molecule has 8 aromatic rings. The van der Waals surface area contributed by atoms with E-state index in [0.717, 1.165) is 33.0 Å². The van der Waals surface area contributed by atoms with Gasteiger partial charge in [-0.2, -0.15) is 0 Å². The van der Waals surface area contributed by atoms with Gasteiger partial charge in [-0.1, -0.05) is 91.0 Å². The van der Waals surface area contributed by atoms with Crippen LogP contribution in [0.5, 0.6) is 0 Å². The number of pyridine rings is 1. The van der Waals surface area contributed by atoms with Crippen molar-refractivity contribution >= 4 is 55.4 Å². The molecule has 0 unspecified atom stereocenters. The number of aromatic nitrogens is 3. The Bertz CT molecular complexity index is 2480. The fraction of sp³-hybridized carbons (Fsp3) is 0.0238. The van der Waals surface area contributed by atoms with Crippen LogP contribution in [-0.2, 0) is 0 Å². The monoisotopic (exact) mass is 652 g/mol. The van der Waals surface area contributed by atoms with Crippen LogP contribution in [0.2, 0.25) is 0 Å². The Balaban J connectivity index is 1.29. The van der Waals surface area contributed by atoms with Crippen LogP contribution in [-0.4, -0.2) is 21.5 Å². The molecule has 0 amide bonds. The van der Waals surface area contributed by atoms with Crippen molar-refractivity contribution < 1.29 is 0 Å². The summed E-state index contributed by atoms with van der Waals surface area (Å²) in [6.07, 6.45) is 12.2. The summed E-state index contributed by atoms with van der Waals surface area (Å²) in [5, 5.41) is 8.41. The van der Waals surface area contributed by atoms with Gasteiger partial charge in [-0.25, -0.2) is 0 Å². The van der Waals surface area contributed by atoms with E-state index in [0.29, 0.717) is 0 Å². The second kappa shape index (κ2) is 12.2. The first kappa shape index (κ1) is 28.5. The first-order valence-electron chi connectivity index (χ1n) is 15.8. The van der Waals surface area contributed by atoms with Crippen LogP contribution in [0.3, 0.4) is 0 Å². The predicted molar refractivity (Wildman–Crippen MR) is 203 cm³/mol. The molecule has 0 fully saturated rings. The zero-order chi connectivity index (χ0) is 31.9. The lowest BCUT2D eigenvalue weighted by atomic mass is 9.84. The fourth-order valence-electron chi connectivity index (χ4n) is 6.78. The fourth-order valence-corrected chi connectivity index (χ4v) is 8.00. The van der Waals surface area contributed by atoms with Crippen LogP contribution in [0, 0.1) is 0 Å². The Kier molecular flexibility index (Phi) is 7.22. The van der Waals surface area contributed by atoms with E-state index in [1.165, 1.54) is 60.5 Å². The highest BCUT2D eigenvalue weighted by atomic mass is 32.1. The van der Waals surface area contributed by atoms with Crippen molar-refractivity contribution in [3.05, 3.63) is 162 Å². The summed E-state index contributed by atoms with van der Waals surface area (Å²) in [4.78, 5) is 15.7. The minimum absolute atomic E-state index is 0.742. The molecular weight excluding hydrogens is 625 g/mol. The molecule has 0 radical (unpaired) electrons. The number of thiazole rings is 2. The molecule has 6 heteroatoms. The SMILES string of the molecule is C1=C(c2cncs2)C=C(c2c3ccccc3c(-c3cncc(-c4cncs4)c3)c3cc(-c4ccc(-c5ccccc5)cc4)ccc23)CN1. The van der Waals surface area contributed by atoms with Gasteiger partial charge in [0.05, 0.1) is 20.8 Å². The molecule has 1 aliphatic heterocycles. The molecule has 0 saturated heterocycles. The molecule has 9 rings (SSSR count). The van der Waals surface area contributed by atoms with E-state index in [9.17, 15) is 0 Å². The van der Waals surface area contributed by atoms with Crippen molar-refractivity contribution in [2.45, 2.75) is 0 Å². The summed E-state index contributed by atoms with van der Waals surface area (Å²) < 4.78 is 0. The molecule has 0 atom stereocenters. The van der Waals surface area contributed by atoms with Crippen LogP contribution in [0.1, 0.15) is 10.4 Å². The molecule has 4 nitrogen and oxygen atoms in total. The lowest BCUT2D eigenvalue weighted by Crippen LogP contribution is -2.14. The van der Waals surface area contributed by atoms with Gasteiger partial charge >= 0.3 is 0 Å². The van der Waals surface area contributed by atoms with Gasteiger partial charge in [-0.3, -0.25) is 15.0 Å². The Morgan fingerprint density at radius 2 is 1.10 bits per heavy atom. The highest BCUT2D eigenvalue weighted by molar-refractivity contribution is 7.13. The zero-order valence-corrected chi connectivity index (χ0v) is 27.4. The van der Waals surface area contributed by atoms with Gasteiger partial charge in [0, 0.05) is 54.2 Å². The number of nitrogens with zero attached hydrogens (tertiary/aromatic N) is 3. The molecule has 3 aromatic heterocycles. The zero-order valence-electron chi connectivity index (χ0n) is 25.8. The predicted octanol–water partition coefficient (Wildman–Crippen LogP) is 11.0. The standard InChI is InChI=1S/C42H28N4S2/c1-2-6-27(7-3-1)28-10-12-29(13-11-28)30-14-15-37-38(18-30)42(34-17-32(20-44-22-34)40-24-46-26-48-40)36-9-5-4-8-35(36)41(37)33-16-31(19-43-21-33)39-23-45-25-47-39/h1-20,22-26,43H,21H2. The smallest absolute Gasteiger partial charge is 0.0797 e. The van der Waals surface area contributed by atoms with E-state index in [1.54, 1.807) is 22.7 Å². The minimum Gasteiger partial charge on any atom is -0.386 e. The number of hydrogen-bond acceptors (Lipinski definition) is 6. The minimum atomic E-state index is 0.742. The third kappa shape index (κ3) is 5.12. The number of allylic oxidation sites excluding steroid dienone is 2. The normalized spacial score (nSPS) is 12.9. The Morgan fingerprint density at radius 1 is 0.479 bits per heavy atom. The van der Waals surface area contributed by atoms with Crippen LogP contribution in [0.4, 0.5) is 0 Å².